The molecule has 1 aromatic carbocycles. The molecule has 1 atom stereocenters. The Morgan fingerprint density at radius 1 is 1.26 bits per heavy atom. The number of nitrogens with zero attached hydrogens (tertiary/aromatic N) is 3. The van der Waals surface area contributed by atoms with Crippen LogP contribution in [-0.4, -0.2) is 34.0 Å². The minimum atomic E-state index is 0.133. The zero-order valence-electron chi connectivity index (χ0n) is 15.5. The number of piperidine rings is 1. The summed E-state index contributed by atoms with van der Waals surface area (Å²) < 4.78 is 11.1. The van der Waals surface area contributed by atoms with Crippen molar-refractivity contribution in [3.8, 4) is 0 Å². The van der Waals surface area contributed by atoms with Crippen molar-refractivity contribution in [2.75, 3.05) is 13.1 Å². The van der Waals surface area contributed by atoms with Crippen molar-refractivity contribution in [3.63, 3.8) is 0 Å². The molecule has 2 aromatic heterocycles. The largest absolute Gasteiger partial charge is 0.464 e. The molecule has 3 heterocycles. The normalized spacial score (nSPS) is 19.6. The van der Waals surface area contributed by atoms with Crippen molar-refractivity contribution in [1.82, 2.24) is 15.0 Å². The predicted octanol–water partition coefficient (Wildman–Crippen LogP) is 3.56. The van der Waals surface area contributed by atoms with E-state index < -0.39 is 0 Å². The maximum atomic E-state index is 12.9. The van der Waals surface area contributed by atoms with Gasteiger partial charge in [-0.3, -0.25) is 4.79 Å². The molecule has 1 fully saturated rings. The Labute approximate surface area is 157 Å². The van der Waals surface area contributed by atoms with Crippen LogP contribution in [0.1, 0.15) is 53.6 Å². The highest BCUT2D eigenvalue weighted by Gasteiger charge is 2.29. The van der Waals surface area contributed by atoms with Crippen LogP contribution in [0.15, 0.2) is 27.3 Å². The first-order chi connectivity index (χ1) is 13.2. The van der Waals surface area contributed by atoms with Crippen molar-refractivity contribution < 1.29 is 13.7 Å². The van der Waals surface area contributed by atoms with E-state index in [0.717, 1.165) is 48.8 Å². The van der Waals surface area contributed by atoms with Crippen molar-refractivity contribution in [2.45, 2.75) is 51.4 Å². The molecule has 27 heavy (non-hydrogen) atoms. The van der Waals surface area contributed by atoms with E-state index >= 15 is 0 Å². The molecule has 0 saturated carbocycles. The lowest BCUT2D eigenvalue weighted by atomic mass is 9.97. The summed E-state index contributed by atoms with van der Waals surface area (Å²) in [6, 6.07) is 4.38. The van der Waals surface area contributed by atoms with E-state index in [0.29, 0.717) is 24.7 Å². The molecule has 1 aliphatic carbocycles. The summed E-state index contributed by atoms with van der Waals surface area (Å²) in [6.45, 7) is 3.25. The minimum absolute atomic E-state index is 0.133. The van der Waals surface area contributed by atoms with Crippen LogP contribution in [0.25, 0.3) is 11.0 Å². The summed E-state index contributed by atoms with van der Waals surface area (Å²) in [6.07, 6.45) is 7.53. The van der Waals surface area contributed by atoms with Crippen LogP contribution in [-0.2, 0) is 24.1 Å². The molecule has 2 aliphatic rings. The number of furan rings is 1. The molecule has 3 aromatic rings. The Kier molecular flexibility index (Phi) is 3.99. The van der Waals surface area contributed by atoms with Gasteiger partial charge in [0.2, 0.25) is 11.8 Å². The molecule has 1 aliphatic heterocycles. The van der Waals surface area contributed by atoms with Gasteiger partial charge in [0.1, 0.15) is 5.58 Å². The molecular formula is C21H23N3O3. The summed E-state index contributed by atoms with van der Waals surface area (Å²) in [4.78, 5) is 19.2. The topological polar surface area (TPSA) is 72.4 Å². The molecule has 140 valence electrons. The number of rotatable bonds is 3. The Bertz CT molecular complexity index is 1000. The van der Waals surface area contributed by atoms with Gasteiger partial charge in [0.05, 0.1) is 18.6 Å². The van der Waals surface area contributed by atoms with Crippen LogP contribution in [0.3, 0.4) is 0 Å². The lowest BCUT2D eigenvalue weighted by Crippen LogP contribution is -2.40. The van der Waals surface area contributed by atoms with Gasteiger partial charge >= 0.3 is 0 Å². The number of carbonyl (C=O) groups is 1. The summed E-state index contributed by atoms with van der Waals surface area (Å²) >= 11 is 0. The fraction of sp³-hybridized carbons (Fsp3) is 0.476. The van der Waals surface area contributed by atoms with Crippen LogP contribution in [0.4, 0.5) is 0 Å². The highest BCUT2D eigenvalue weighted by Crippen LogP contribution is 2.31. The zero-order valence-corrected chi connectivity index (χ0v) is 15.5. The van der Waals surface area contributed by atoms with Crippen molar-refractivity contribution in [3.05, 3.63) is 46.8 Å². The third-order valence-electron chi connectivity index (χ3n) is 5.88. The summed E-state index contributed by atoms with van der Waals surface area (Å²) in [7, 11) is 0. The maximum Gasteiger partial charge on any atom is 0.231 e. The summed E-state index contributed by atoms with van der Waals surface area (Å²) in [5.74, 6) is 1.56. The molecule has 6 heteroatoms. The number of aryl methyl sites for hydroxylation is 3. The fourth-order valence-electron chi connectivity index (χ4n) is 4.44. The number of amides is 1. The number of aromatic nitrogens is 2. The van der Waals surface area contributed by atoms with Gasteiger partial charge in [-0.05, 0) is 62.3 Å². The Hall–Kier alpha value is -2.63. The van der Waals surface area contributed by atoms with E-state index in [2.05, 4.69) is 22.3 Å². The van der Waals surface area contributed by atoms with Crippen molar-refractivity contribution >= 4 is 16.9 Å². The van der Waals surface area contributed by atoms with Gasteiger partial charge in [0.25, 0.3) is 0 Å². The lowest BCUT2D eigenvalue weighted by Gasteiger charge is -2.31. The van der Waals surface area contributed by atoms with Crippen LogP contribution >= 0.6 is 0 Å². The zero-order chi connectivity index (χ0) is 18.4. The average Bonchev–Trinajstić information content (AvgIpc) is 3.40. The number of carbonyl (C=O) groups excluding carboxylic acids is 1. The molecule has 5 rings (SSSR count). The van der Waals surface area contributed by atoms with E-state index in [-0.39, 0.29) is 11.8 Å². The second-order valence-corrected chi connectivity index (χ2v) is 7.77. The summed E-state index contributed by atoms with van der Waals surface area (Å²) in [5, 5.41) is 4.97. The van der Waals surface area contributed by atoms with Crippen LogP contribution in [0.5, 0.6) is 0 Å². The highest BCUT2D eigenvalue weighted by molar-refractivity contribution is 5.88. The first-order valence-electron chi connectivity index (χ1n) is 9.77. The first kappa shape index (κ1) is 16.5. The smallest absolute Gasteiger partial charge is 0.231 e. The monoisotopic (exact) mass is 365 g/mol. The van der Waals surface area contributed by atoms with Gasteiger partial charge in [0, 0.05) is 24.0 Å². The number of hydrogen-bond donors (Lipinski definition) is 0. The number of benzene rings is 1. The van der Waals surface area contributed by atoms with Crippen LogP contribution in [0.2, 0.25) is 0 Å². The van der Waals surface area contributed by atoms with Crippen LogP contribution in [0, 0.1) is 6.92 Å². The fourth-order valence-corrected chi connectivity index (χ4v) is 4.44. The molecule has 1 saturated heterocycles. The Balaban J connectivity index is 1.33. The van der Waals surface area contributed by atoms with E-state index in [1.54, 1.807) is 6.26 Å². The SMILES string of the molecule is Cc1noc([C@@H]2CCCN(C(=O)Cc3coc4cc5c(cc34)CCC5)C2)n1. The molecule has 0 bridgehead atoms. The third-order valence-corrected chi connectivity index (χ3v) is 5.88. The molecule has 1 amide bonds. The number of fused-ring (bicyclic) bond motifs is 2. The predicted molar refractivity (Wildman–Crippen MR) is 99.5 cm³/mol. The van der Waals surface area contributed by atoms with Gasteiger partial charge in [-0.25, -0.2) is 0 Å². The molecule has 0 spiro atoms. The number of hydrogen-bond acceptors (Lipinski definition) is 5. The van der Waals surface area contributed by atoms with E-state index in [4.69, 9.17) is 8.94 Å². The standard InChI is InChI=1S/C21H23N3O3/c1-13-22-21(27-23-13)16-6-3-7-24(11-16)20(25)10-17-12-26-19-9-15-5-2-4-14(15)8-18(17)19/h8-9,12,16H,2-7,10-11H2,1H3/t16-/m1/s1. The number of likely N-dealkylation sites (tertiary alicyclic amines) is 1. The van der Waals surface area contributed by atoms with Gasteiger partial charge in [0.15, 0.2) is 5.82 Å². The average molecular weight is 365 g/mol. The molecule has 0 unspecified atom stereocenters. The van der Waals surface area contributed by atoms with Gasteiger partial charge in [-0.2, -0.15) is 4.98 Å². The van der Waals surface area contributed by atoms with Gasteiger partial charge in [-0.1, -0.05) is 5.16 Å². The lowest BCUT2D eigenvalue weighted by molar-refractivity contribution is -0.131. The quantitative estimate of drug-likeness (QED) is 0.710. The molecule has 0 N–H and O–H groups in total. The summed E-state index contributed by atoms with van der Waals surface area (Å²) in [5.41, 5.74) is 4.68. The molecule has 6 nitrogen and oxygen atoms in total. The van der Waals surface area contributed by atoms with Crippen LogP contribution < -0.4 is 0 Å². The minimum Gasteiger partial charge on any atom is -0.464 e. The molecular weight excluding hydrogens is 342 g/mol. The first-order valence-corrected chi connectivity index (χ1v) is 9.77. The Morgan fingerprint density at radius 2 is 2.11 bits per heavy atom. The van der Waals surface area contributed by atoms with Gasteiger partial charge < -0.3 is 13.8 Å². The second kappa shape index (κ2) is 6.51. The van der Waals surface area contributed by atoms with E-state index in [1.807, 2.05) is 11.8 Å². The maximum absolute atomic E-state index is 12.9. The van der Waals surface area contributed by atoms with Crippen molar-refractivity contribution in [2.24, 2.45) is 0 Å². The van der Waals surface area contributed by atoms with E-state index in [9.17, 15) is 4.79 Å². The third kappa shape index (κ3) is 3.03. The Morgan fingerprint density at radius 3 is 2.93 bits per heavy atom. The van der Waals surface area contributed by atoms with Gasteiger partial charge in [-0.15, -0.1) is 0 Å². The molecule has 0 radical (unpaired) electrons. The highest BCUT2D eigenvalue weighted by atomic mass is 16.5. The van der Waals surface area contributed by atoms with E-state index in [1.165, 1.54) is 17.5 Å². The second-order valence-electron chi connectivity index (χ2n) is 7.77. The van der Waals surface area contributed by atoms with Crippen molar-refractivity contribution in [1.29, 1.82) is 0 Å².